The van der Waals surface area contributed by atoms with Crippen molar-refractivity contribution in [1.82, 2.24) is 19.1 Å². The fourth-order valence-corrected chi connectivity index (χ4v) is 4.76. The molecule has 6 nitrogen and oxygen atoms in total. The molecule has 1 unspecified atom stereocenters. The summed E-state index contributed by atoms with van der Waals surface area (Å²) in [6.07, 6.45) is 6.77. The summed E-state index contributed by atoms with van der Waals surface area (Å²) < 4.78 is 46.4. The summed E-state index contributed by atoms with van der Waals surface area (Å²) in [4.78, 5) is 7.78. The van der Waals surface area contributed by atoms with E-state index >= 15 is 4.39 Å². The van der Waals surface area contributed by atoms with Crippen LogP contribution in [-0.2, 0) is 0 Å². The monoisotopic (exact) mass is 476 g/mol. The maximum absolute atomic E-state index is 15.7. The molecule has 0 aliphatic carbocycles. The number of benzene rings is 1. The quantitative estimate of drug-likeness (QED) is 0.381. The van der Waals surface area contributed by atoms with E-state index in [2.05, 4.69) is 16.7 Å². The maximum atomic E-state index is 15.7. The van der Waals surface area contributed by atoms with E-state index in [4.69, 9.17) is 7.98 Å². The van der Waals surface area contributed by atoms with Crippen molar-refractivity contribution in [3.8, 4) is 0 Å². The van der Waals surface area contributed by atoms with Crippen LogP contribution in [0.15, 0.2) is 55.5 Å². The summed E-state index contributed by atoms with van der Waals surface area (Å²) in [5.41, 5.74) is 4.23. The van der Waals surface area contributed by atoms with Gasteiger partial charge in [0, 0.05) is 72.9 Å². The van der Waals surface area contributed by atoms with Crippen molar-refractivity contribution in [2.75, 3.05) is 29.9 Å². The molecule has 3 aromatic heterocycles. The van der Waals surface area contributed by atoms with Gasteiger partial charge < -0.3 is 18.8 Å². The Morgan fingerprint density at radius 1 is 1.23 bits per heavy atom. The molecular formula is C25H24BF3N6. The van der Waals surface area contributed by atoms with E-state index in [0.29, 0.717) is 28.2 Å². The number of halogens is 3. The van der Waals surface area contributed by atoms with E-state index in [1.54, 1.807) is 24.4 Å². The Kier molecular flexibility index (Phi) is 5.61. The van der Waals surface area contributed by atoms with Gasteiger partial charge in [-0.15, -0.1) is 0 Å². The lowest BCUT2D eigenvalue weighted by atomic mass is 9.93. The number of anilines is 2. The van der Waals surface area contributed by atoms with Crippen molar-refractivity contribution in [3.05, 3.63) is 83.8 Å². The molecular weight excluding hydrogens is 452 g/mol. The Hall–Kier alpha value is -3.69. The highest BCUT2D eigenvalue weighted by Crippen LogP contribution is 2.39. The van der Waals surface area contributed by atoms with Crippen molar-refractivity contribution in [3.63, 3.8) is 0 Å². The first-order valence-corrected chi connectivity index (χ1v) is 11.2. The lowest BCUT2D eigenvalue weighted by Crippen LogP contribution is -2.28. The molecule has 2 radical (unpaired) electrons. The van der Waals surface area contributed by atoms with Gasteiger partial charge in [0.25, 0.3) is 13.9 Å². The second-order valence-electron chi connectivity index (χ2n) is 8.86. The third-order valence-electron chi connectivity index (χ3n) is 6.68. The average molecular weight is 476 g/mol. The van der Waals surface area contributed by atoms with Crippen molar-refractivity contribution in [1.29, 1.82) is 0 Å². The first-order chi connectivity index (χ1) is 16.7. The largest absolute Gasteiger partial charge is 0.365 e. The van der Waals surface area contributed by atoms with Gasteiger partial charge in [0.1, 0.15) is 11.5 Å². The highest BCUT2D eigenvalue weighted by Gasteiger charge is 2.38. The van der Waals surface area contributed by atoms with Crippen LogP contribution in [0.25, 0.3) is 11.7 Å². The van der Waals surface area contributed by atoms with Crippen LogP contribution in [0.1, 0.15) is 35.0 Å². The number of alkyl halides is 2. The molecule has 1 fully saturated rings. The van der Waals surface area contributed by atoms with Crippen molar-refractivity contribution >= 4 is 31.1 Å². The fourth-order valence-electron chi connectivity index (χ4n) is 4.76. The number of fused-ring (bicyclic) bond motifs is 1. The number of pyridine rings is 1. The van der Waals surface area contributed by atoms with Gasteiger partial charge in [-0.1, -0.05) is 12.6 Å². The molecule has 10 heteroatoms. The molecule has 1 saturated heterocycles. The molecule has 1 aliphatic heterocycles. The highest BCUT2D eigenvalue weighted by molar-refractivity contribution is 6.06. The number of aromatic nitrogens is 4. The topological polar surface area (TPSA) is 41.6 Å². The number of rotatable bonds is 6. The standard InChI is InChI=1S/C25H24BF3N6/c1-4-21-23(16(2)35(26)31-21)24(32(3)17-7-10-33-12-9-30-22(33)14-17)19-6-5-18(13-20(19)27)34-11-8-25(28,29)15-34/h4-7,9-10,12-14,24H,1,8,11,15H2,2-3H3. The first-order valence-electron chi connectivity index (χ1n) is 11.2. The summed E-state index contributed by atoms with van der Waals surface area (Å²) in [7, 11) is 7.91. The minimum atomic E-state index is -2.77. The van der Waals surface area contributed by atoms with Gasteiger partial charge in [0.15, 0.2) is 0 Å². The summed E-state index contributed by atoms with van der Waals surface area (Å²) >= 11 is 0. The van der Waals surface area contributed by atoms with E-state index in [0.717, 1.165) is 11.3 Å². The number of hydrogen-bond acceptors (Lipinski definition) is 4. The third-order valence-corrected chi connectivity index (χ3v) is 6.68. The Morgan fingerprint density at radius 2 is 2.03 bits per heavy atom. The average Bonchev–Trinajstić information content (AvgIpc) is 3.52. The normalized spacial score (nSPS) is 16.1. The molecule has 1 atom stereocenters. The van der Waals surface area contributed by atoms with Crippen molar-refractivity contribution in [2.24, 2.45) is 0 Å². The molecule has 0 bridgehead atoms. The minimum absolute atomic E-state index is 0.180. The molecule has 1 aliphatic rings. The fraction of sp³-hybridized carbons (Fsp3) is 0.280. The van der Waals surface area contributed by atoms with Gasteiger partial charge in [0.05, 0.1) is 18.3 Å². The summed E-state index contributed by atoms with van der Waals surface area (Å²) in [6.45, 7) is 5.43. The zero-order chi connectivity index (χ0) is 24.9. The first kappa shape index (κ1) is 23.1. The Bertz CT molecular complexity index is 1410. The predicted octanol–water partition coefficient (Wildman–Crippen LogP) is 4.62. The number of hydrogen-bond donors (Lipinski definition) is 0. The molecule has 4 heterocycles. The van der Waals surface area contributed by atoms with Crippen LogP contribution in [0.4, 0.5) is 24.5 Å². The van der Waals surface area contributed by atoms with Crippen LogP contribution in [0.3, 0.4) is 0 Å². The van der Waals surface area contributed by atoms with Gasteiger partial charge >= 0.3 is 0 Å². The van der Waals surface area contributed by atoms with Crippen LogP contribution < -0.4 is 9.80 Å². The van der Waals surface area contributed by atoms with Gasteiger partial charge in [-0.3, -0.25) is 0 Å². The van der Waals surface area contributed by atoms with E-state index < -0.39 is 24.3 Å². The lowest BCUT2D eigenvalue weighted by Gasteiger charge is -2.32. The van der Waals surface area contributed by atoms with Crippen LogP contribution in [-0.4, -0.2) is 53.1 Å². The second-order valence-corrected chi connectivity index (χ2v) is 8.86. The number of nitrogens with zero attached hydrogens (tertiary/aromatic N) is 6. The summed E-state index contributed by atoms with van der Waals surface area (Å²) in [5, 5.41) is 4.34. The van der Waals surface area contributed by atoms with Crippen LogP contribution in [0, 0.1) is 12.7 Å². The highest BCUT2D eigenvalue weighted by atomic mass is 19.3. The van der Waals surface area contributed by atoms with Crippen LogP contribution >= 0.6 is 0 Å². The van der Waals surface area contributed by atoms with E-state index in [9.17, 15) is 8.78 Å². The molecule has 0 amide bonds. The van der Waals surface area contributed by atoms with Gasteiger partial charge in [-0.05, 0) is 31.2 Å². The summed E-state index contributed by atoms with van der Waals surface area (Å²) in [5.74, 6) is -3.27. The third kappa shape index (κ3) is 4.07. The van der Waals surface area contributed by atoms with Crippen molar-refractivity contribution in [2.45, 2.75) is 25.3 Å². The zero-order valence-corrected chi connectivity index (χ0v) is 19.5. The maximum Gasteiger partial charge on any atom is 0.266 e. The van der Waals surface area contributed by atoms with Crippen LogP contribution in [0.5, 0.6) is 0 Å². The molecule has 1 aromatic carbocycles. The molecule has 0 saturated carbocycles. The Balaban J connectivity index is 1.62. The van der Waals surface area contributed by atoms with Gasteiger partial charge in [-0.25, -0.2) is 18.2 Å². The SMILES string of the molecule is [B]n1nc(C=C)c(C(c2ccc(N3CCC(F)(F)C3)cc2F)N(C)c2ccn3ccnc3c2)c1C. The van der Waals surface area contributed by atoms with E-state index in [1.165, 1.54) is 15.6 Å². The molecule has 0 N–H and O–H groups in total. The summed E-state index contributed by atoms with van der Waals surface area (Å²) in [6, 6.07) is 7.86. The molecule has 5 rings (SSSR count). The van der Waals surface area contributed by atoms with Crippen molar-refractivity contribution < 1.29 is 13.2 Å². The second kappa shape index (κ2) is 8.51. The van der Waals surface area contributed by atoms with E-state index in [-0.39, 0.29) is 13.0 Å². The molecule has 0 spiro atoms. The smallest absolute Gasteiger partial charge is 0.266 e. The predicted molar refractivity (Wildman–Crippen MR) is 132 cm³/mol. The molecule has 35 heavy (non-hydrogen) atoms. The lowest BCUT2D eigenvalue weighted by molar-refractivity contribution is 0.0257. The van der Waals surface area contributed by atoms with Gasteiger partial charge in [-0.2, -0.15) is 5.10 Å². The molecule has 4 aromatic rings. The zero-order valence-electron chi connectivity index (χ0n) is 19.5. The minimum Gasteiger partial charge on any atom is -0.365 e. The van der Waals surface area contributed by atoms with Gasteiger partial charge in [0.2, 0.25) is 0 Å². The Morgan fingerprint density at radius 3 is 2.71 bits per heavy atom. The molecule has 178 valence electrons. The van der Waals surface area contributed by atoms with E-state index in [1.807, 2.05) is 47.8 Å². The van der Waals surface area contributed by atoms with Crippen LogP contribution in [0.2, 0.25) is 0 Å². The Labute approximate surface area is 202 Å². The number of imidazole rings is 1.